The quantitative estimate of drug-likeness (QED) is 0.479. The van der Waals surface area contributed by atoms with Gasteiger partial charge in [-0.25, -0.2) is 0 Å². The number of nitrogens with zero attached hydrogens (tertiary/aromatic N) is 2. The number of aryl methyl sites for hydroxylation is 3. The maximum Gasteiger partial charge on any atom is 0.277 e. The van der Waals surface area contributed by atoms with Crippen LogP contribution in [-0.2, 0) is 0 Å². The molecule has 1 aliphatic rings. The van der Waals surface area contributed by atoms with Gasteiger partial charge in [-0.3, -0.25) is 4.79 Å². The van der Waals surface area contributed by atoms with Crippen LogP contribution in [0.4, 0.5) is 0 Å². The Morgan fingerprint density at radius 3 is 2.63 bits per heavy atom. The first-order chi connectivity index (χ1) is 13.0. The van der Waals surface area contributed by atoms with E-state index in [1.165, 1.54) is 17.3 Å². The zero-order valence-corrected chi connectivity index (χ0v) is 16.1. The van der Waals surface area contributed by atoms with E-state index < -0.39 is 0 Å². The largest absolute Gasteiger partial charge is 0.454 e. The van der Waals surface area contributed by atoms with Crippen LogP contribution in [-0.4, -0.2) is 28.5 Å². The second-order valence-corrected chi connectivity index (χ2v) is 7.33. The molecular weight excluding hydrogens is 364 g/mol. The molecular formula is C20H18N2O4S. The van der Waals surface area contributed by atoms with Gasteiger partial charge in [-0.15, -0.1) is 10.2 Å². The fourth-order valence-corrected chi connectivity index (χ4v) is 3.53. The third-order valence-corrected chi connectivity index (χ3v) is 5.31. The zero-order valence-electron chi connectivity index (χ0n) is 15.2. The van der Waals surface area contributed by atoms with Crippen LogP contribution >= 0.6 is 11.8 Å². The lowest BCUT2D eigenvalue weighted by molar-refractivity contribution is 0.102. The van der Waals surface area contributed by atoms with Gasteiger partial charge in [0.05, 0.1) is 5.75 Å². The summed E-state index contributed by atoms with van der Waals surface area (Å²) in [4.78, 5) is 12.6. The number of Topliss-reactive ketones (excluding diaryl/α,β-unsaturated/α-hetero) is 1. The van der Waals surface area contributed by atoms with Gasteiger partial charge in [-0.2, -0.15) is 0 Å². The molecule has 7 heteroatoms. The Bertz CT molecular complexity index is 1030. The zero-order chi connectivity index (χ0) is 19.0. The van der Waals surface area contributed by atoms with Crippen LogP contribution in [0.2, 0.25) is 0 Å². The van der Waals surface area contributed by atoms with E-state index >= 15 is 0 Å². The summed E-state index contributed by atoms with van der Waals surface area (Å²) in [7, 11) is 0. The van der Waals surface area contributed by atoms with Crippen molar-refractivity contribution in [2.45, 2.75) is 26.0 Å². The first-order valence-corrected chi connectivity index (χ1v) is 9.47. The Kier molecular flexibility index (Phi) is 4.61. The summed E-state index contributed by atoms with van der Waals surface area (Å²) >= 11 is 1.24. The number of thioether (sulfide) groups is 1. The number of carbonyl (C=O) groups is 1. The first kappa shape index (κ1) is 17.6. The maximum absolute atomic E-state index is 12.6. The third-order valence-electron chi connectivity index (χ3n) is 4.49. The molecule has 0 unspecified atom stereocenters. The van der Waals surface area contributed by atoms with Crippen molar-refractivity contribution in [3.8, 4) is 23.0 Å². The van der Waals surface area contributed by atoms with Crippen molar-refractivity contribution in [1.29, 1.82) is 0 Å². The van der Waals surface area contributed by atoms with E-state index in [4.69, 9.17) is 13.9 Å². The van der Waals surface area contributed by atoms with Crippen LogP contribution in [0.5, 0.6) is 11.5 Å². The predicted molar refractivity (Wildman–Crippen MR) is 102 cm³/mol. The summed E-state index contributed by atoms with van der Waals surface area (Å²) in [5.41, 5.74) is 4.75. The molecule has 1 aliphatic heterocycles. The Hall–Kier alpha value is -2.80. The van der Waals surface area contributed by atoms with Crippen molar-refractivity contribution in [1.82, 2.24) is 10.2 Å². The minimum absolute atomic E-state index is 0.0448. The molecule has 138 valence electrons. The van der Waals surface area contributed by atoms with Gasteiger partial charge in [0.15, 0.2) is 17.3 Å². The number of hydrogen-bond acceptors (Lipinski definition) is 7. The summed E-state index contributed by atoms with van der Waals surface area (Å²) in [5, 5.41) is 8.45. The van der Waals surface area contributed by atoms with Crippen LogP contribution in [0.1, 0.15) is 27.0 Å². The third kappa shape index (κ3) is 3.55. The van der Waals surface area contributed by atoms with E-state index in [2.05, 4.69) is 10.2 Å². The minimum atomic E-state index is 0.0448. The van der Waals surface area contributed by atoms with E-state index in [0.29, 0.717) is 22.6 Å². The van der Waals surface area contributed by atoms with E-state index in [0.717, 1.165) is 22.3 Å². The van der Waals surface area contributed by atoms with Gasteiger partial charge in [0.25, 0.3) is 5.22 Å². The highest BCUT2D eigenvalue weighted by atomic mass is 32.2. The summed E-state index contributed by atoms with van der Waals surface area (Å²) in [6, 6.07) is 9.42. The minimum Gasteiger partial charge on any atom is -0.454 e. The SMILES string of the molecule is Cc1cc(C)c(C(=O)CSc2nnc(-c3ccc4c(c3)OCO4)o2)cc1C. The second kappa shape index (κ2) is 7.08. The van der Waals surface area contributed by atoms with E-state index in [-0.39, 0.29) is 18.3 Å². The van der Waals surface area contributed by atoms with Crippen LogP contribution in [0.15, 0.2) is 40.0 Å². The fraction of sp³-hybridized carbons (Fsp3) is 0.250. The average molecular weight is 382 g/mol. The smallest absolute Gasteiger partial charge is 0.277 e. The summed E-state index contributed by atoms with van der Waals surface area (Å²) in [6.07, 6.45) is 0. The number of ketones is 1. The molecule has 0 saturated heterocycles. The Morgan fingerprint density at radius 2 is 1.78 bits per heavy atom. The molecule has 0 amide bonds. The molecule has 0 aliphatic carbocycles. The molecule has 3 aromatic rings. The molecule has 0 N–H and O–H groups in total. The van der Waals surface area contributed by atoms with Gasteiger partial charge < -0.3 is 13.9 Å². The highest BCUT2D eigenvalue weighted by Gasteiger charge is 2.18. The lowest BCUT2D eigenvalue weighted by atomic mass is 9.99. The molecule has 2 aromatic carbocycles. The lowest BCUT2D eigenvalue weighted by Gasteiger charge is -2.08. The van der Waals surface area contributed by atoms with Gasteiger partial charge >= 0.3 is 0 Å². The molecule has 27 heavy (non-hydrogen) atoms. The Balaban J connectivity index is 1.45. The lowest BCUT2D eigenvalue weighted by Crippen LogP contribution is -2.06. The number of carbonyl (C=O) groups excluding carboxylic acids is 1. The molecule has 1 aromatic heterocycles. The average Bonchev–Trinajstić information content (AvgIpc) is 3.31. The molecule has 2 heterocycles. The molecule has 0 atom stereocenters. The monoisotopic (exact) mass is 382 g/mol. The highest BCUT2D eigenvalue weighted by molar-refractivity contribution is 7.99. The highest BCUT2D eigenvalue weighted by Crippen LogP contribution is 2.36. The van der Waals surface area contributed by atoms with Gasteiger partial charge in [0.1, 0.15) is 0 Å². The Morgan fingerprint density at radius 1 is 1.00 bits per heavy atom. The number of benzene rings is 2. The van der Waals surface area contributed by atoms with Crippen molar-refractivity contribution in [2.24, 2.45) is 0 Å². The van der Waals surface area contributed by atoms with Crippen molar-refractivity contribution < 1.29 is 18.7 Å². The second-order valence-electron chi connectivity index (χ2n) is 6.40. The summed E-state index contributed by atoms with van der Waals surface area (Å²) in [5.74, 6) is 2.02. The molecule has 0 bridgehead atoms. The normalized spacial score (nSPS) is 12.4. The Labute approximate surface area is 160 Å². The number of fused-ring (bicyclic) bond motifs is 1. The predicted octanol–water partition coefficient (Wildman–Crippen LogP) is 4.37. The molecule has 0 saturated carbocycles. The van der Waals surface area contributed by atoms with Gasteiger partial charge in [0, 0.05) is 11.1 Å². The fourth-order valence-electron chi connectivity index (χ4n) is 2.88. The number of ether oxygens (including phenoxy) is 2. The van der Waals surface area contributed by atoms with E-state index in [1.54, 1.807) is 12.1 Å². The van der Waals surface area contributed by atoms with Crippen LogP contribution in [0, 0.1) is 20.8 Å². The topological polar surface area (TPSA) is 74.5 Å². The van der Waals surface area contributed by atoms with Crippen LogP contribution < -0.4 is 9.47 Å². The summed E-state index contributed by atoms with van der Waals surface area (Å²) in [6.45, 7) is 6.22. The first-order valence-electron chi connectivity index (χ1n) is 8.48. The standard InChI is InChI=1S/C20H18N2O4S/c1-11-6-13(3)15(7-12(11)2)16(23)9-27-20-22-21-19(26-20)14-4-5-17-18(8-14)25-10-24-17/h4-8H,9-10H2,1-3H3. The van der Waals surface area contributed by atoms with E-state index in [1.807, 2.05) is 39.0 Å². The van der Waals surface area contributed by atoms with Crippen molar-refractivity contribution >= 4 is 17.5 Å². The number of hydrogen-bond donors (Lipinski definition) is 0. The van der Waals surface area contributed by atoms with Gasteiger partial charge in [-0.1, -0.05) is 17.8 Å². The molecule has 0 radical (unpaired) electrons. The molecule has 4 rings (SSSR count). The van der Waals surface area contributed by atoms with E-state index in [9.17, 15) is 4.79 Å². The summed E-state index contributed by atoms with van der Waals surface area (Å²) < 4.78 is 16.3. The molecule has 0 fully saturated rings. The molecule has 6 nitrogen and oxygen atoms in total. The van der Waals surface area contributed by atoms with Crippen molar-refractivity contribution in [2.75, 3.05) is 12.5 Å². The van der Waals surface area contributed by atoms with Crippen molar-refractivity contribution in [3.05, 3.63) is 52.6 Å². The molecule has 0 spiro atoms. The number of rotatable bonds is 5. The maximum atomic E-state index is 12.6. The van der Waals surface area contributed by atoms with Crippen LogP contribution in [0.25, 0.3) is 11.5 Å². The number of aromatic nitrogens is 2. The van der Waals surface area contributed by atoms with Crippen LogP contribution in [0.3, 0.4) is 0 Å². The van der Waals surface area contributed by atoms with Gasteiger partial charge in [-0.05, 0) is 61.7 Å². The van der Waals surface area contributed by atoms with Crippen molar-refractivity contribution in [3.63, 3.8) is 0 Å². The van der Waals surface area contributed by atoms with Gasteiger partial charge in [0.2, 0.25) is 12.7 Å².